The molecule has 2 aromatic rings. The average Bonchev–Trinajstić information content (AvgIpc) is 2.54. The molecular weight excluding hydrogens is 280 g/mol. The van der Waals surface area contributed by atoms with Gasteiger partial charge in [-0.15, -0.1) is 0 Å². The van der Waals surface area contributed by atoms with Crippen molar-refractivity contribution < 1.29 is 19.3 Å². The Hall–Kier alpha value is -2.20. The molecule has 0 aromatic heterocycles. The van der Waals surface area contributed by atoms with Crippen molar-refractivity contribution in [1.29, 1.82) is 0 Å². The molecule has 0 bridgehead atoms. The second-order valence-electron chi connectivity index (χ2n) is 4.97. The van der Waals surface area contributed by atoms with E-state index in [1.165, 1.54) is 0 Å². The van der Waals surface area contributed by atoms with Crippen LogP contribution < -0.4 is 14.2 Å². The highest BCUT2D eigenvalue weighted by atomic mass is 16.5. The minimum atomic E-state index is -0.727. The molecule has 1 N–H and O–H groups in total. The summed E-state index contributed by atoms with van der Waals surface area (Å²) in [7, 11) is 3.23. The zero-order valence-corrected chi connectivity index (χ0v) is 13.4. The van der Waals surface area contributed by atoms with Gasteiger partial charge in [-0.05, 0) is 54.8 Å². The third-order valence-electron chi connectivity index (χ3n) is 3.54. The van der Waals surface area contributed by atoms with Crippen LogP contribution in [0.3, 0.4) is 0 Å². The molecule has 0 heterocycles. The maximum atomic E-state index is 10.6. The number of methoxy groups -OCH3 is 2. The van der Waals surface area contributed by atoms with Crippen molar-refractivity contribution in [2.45, 2.75) is 20.0 Å². The Bertz CT molecular complexity index is 637. The topological polar surface area (TPSA) is 47.9 Å². The van der Waals surface area contributed by atoms with E-state index in [-0.39, 0.29) is 0 Å². The molecule has 4 heteroatoms. The van der Waals surface area contributed by atoms with Crippen LogP contribution in [0.15, 0.2) is 36.4 Å². The third kappa shape index (κ3) is 3.34. The summed E-state index contributed by atoms with van der Waals surface area (Å²) in [5, 5.41) is 10.6. The zero-order valence-electron chi connectivity index (χ0n) is 13.4. The first-order valence-electron chi connectivity index (χ1n) is 7.24. The number of benzene rings is 2. The lowest BCUT2D eigenvalue weighted by Crippen LogP contribution is -2.03. The van der Waals surface area contributed by atoms with Crippen LogP contribution >= 0.6 is 0 Å². The predicted molar refractivity (Wildman–Crippen MR) is 86.0 cm³/mol. The Morgan fingerprint density at radius 2 is 1.50 bits per heavy atom. The van der Waals surface area contributed by atoms with E-state index < -0.39 is 6.10 Å². The molecule has 0 saturated carbocycles. The Morgan fingerprint density at radius 3 is 2.05 bits per heavy atom. The van der Waals surface area contributed by atoms with Crippen molar-refractivity contribution in [2.24, 2.45) is 0 Å². The first-order chi connectivity index (χ1) is 10.6. The van der Waals surface area contributed by atoms with Crippen LogP contribution in [0.4, 0.5) is 0 Å². The van der Waals surface area contributed by atoms with Gasteiger partial charge in [0.1, 0.15) is 11.9 Å². The lowest BCUT2D eigenvalue weighted by molar-refractivity contribution is 0.219. The molecule has 118 valence electrons. The molecule has 0 unspecified atom stereocenters. The summed E-state index contributed by atoms with van der Waals surface area (Å²) in [5.74, 6) is 2.09. The average molecular weight is 302 g/mol. The van der Waals surface area contributed by atoms with Gasteiger partial charge >= 0.3 is 0 Å². The van der Waals surface area contributed by atoms with Gasteiger partial charge < -0.3 is 19.3 Å². The van der Waals surface area contributed by atoms with Crippen molar-refractivity contribution in [3.8, 4) is 17.2 Å². The van der Waals surface area contributed by atoms with Gasteiger partial charge in [0.15, 0.2) is 11.5 Å². The fourth-order valence-electron chi connectivity index (χ4n) is 2.40. The highest BCUT2D eigenvalue weighted by Gasteiger charge is 2.15. The van der Waals surface area contributed by atoms with Crippen LogP contribution in [-0.4, -0.2) is 25.9 Å². The maximum Gasteiger partial charge on any atom is 0.161 e. The van der Waals surface area contributed by atoms with Crippen molar-refractivity contribution in [2.75, 3.05) is 20.8 Å². The summed E-state index contributed by atoms with van der Waals surface area (Å²) < 4.78 is 16.1. The Morgan fingerprint density at radius 1 is 0.909 bits per heavy atom. The van der Waals surface area contributed by atoms with Crippen LogP contribution in [0.25, 0.3) is 0 Å². The number of ether oxygens (including phenoxy) is 3. The van der Waals surface area contributed by atoms with Crippen LogP contribution in [0.2, 0.25) is 0 Å². The Kier molecular flexibility index (Phi) is 5.28. The summed E-state index contributed by atoms with van der Waals surface area (Å²) in [4.78, 5) is 0. The second-order valence-corrected chi connectivity index (χ2v) is 4.97. The van der Waals surface area contributed by atoms with Gasteiger partial charge in [0, 0.05) is 0 Å². The van der Waals surface area contributed by atoms with Gasteiger partial charge in [-0.25, -0.2) is 0 Å². The number of aryl methyl sites for hydroxylation is 1. The number of aliphatic hydroxyl groups excluding tert-OH is 1. The highest BCUT2D eigenvalue weighted by molar-refractivity contribution is 5.46. The van der Waals surface area contributed by atoms with Gasteiger partial charge in [-0.1, -0.05) is 12.1 Å². The minimum Gasteiger partial charge on any atom is -0.496 e. The first kappa shape index (κ1) is 16.2. The third-order valence-corrected chi connectivity index (χ3v) is 3.54. The molecule has 22 heavy (non-hydrogen) atoms. The molecule has 2 rings (SSSR count). The Labute approximate surface area is 131 Å². The van der Waals surface area contributed by atoms with E-state index in [1.807, 2.05) is 44.2 Å². The second kappa shape index (κ2) is 7.18. The largest absolute Gasteiger partial charge is 0.496 e. The van der Waals surface area contributed by atoms with Gasteiger partial charge in [0.05, 0.1) is 20.8 Å². The minimum absolute atomic E-state index is 0.539. The lowest BCUT2D eigenvalue weighted by Gasteiger charge is -2.16. The molecule has 1 atom stereocenters. The molecule has 0 aliphatic carbocycles. The number of hydrogen-bond acceptors (Lipinski definition) is 4. The number of rotatable bonds is 6. The van der Waals surface area contributed by atoms with E-state index in [9.17, 15) is 5.11 Å². The molecule has 0 fully saturated rings. The molecule has 0 aliphatic heterocycles. The summed E-state index contributed by atoms with van der Waals surface area (Å²) in [6.45, 7) is 4.40. The highest BCUT2D eigenvalue weighted by Crippen LogP contribution is 2.33. The molecule has 0 saturated heterocycles. The maximum absolute atomic E-state index is 10.6. The number of hydrogen-bond donors (Lipinski definition) is 1. The quantitative estimate of drug-likeness (QED) is 0.887. The van der Waals surface area contributed by atoms with E-state index >= 15 is 0 Å². The fraction of sp³-hybridized carbons (Fsp3) is 0.333. The van der Waals surface area contributed by atoms with Crippen LogP contribution in [-0.2, 0) is 0 Å². The molecule has 4 nitrogen and oxygen atoms in total. The standard InChI is InChI=1S/C18H22O4/c1-5-22-17-11-14(7-9-16(17)21-4)18(19)13-6-8-15(20-3)12(2)10-13/h6-11,18-19H,5H2,1-4H3/t18-/m1/s1. The molecular formula is C18H22O4. The van der Waals surface area contributed by atoms with Crippen LogP contribution in [0, 0.1) is 6.92 Å². The van der Waals surface area contributed by atoms with E-state index in [4.69, 9.17) is 14.2 Å². The van der Waals surface area contributed by atoms with Gasteiger partial charge in [-0.2, -0.15) is 0 Å². The van der Waals surface area contributed by atoms with E-state index in [2.05, 4.69) is 0 Å². The molecule has 0 aliphatic rings. The smallest absolute Gasteiger partial charge is 0.161 e. The molecule has 0 radical (unpaired) electrons. The van der Waals surface area contributed by atoms with Crippen molar-refractivity contribution >= 4 is 0 Å². The number of aliphatic hydroxyl groups is 1. The fourth-order valence-corrected chi connectivity index (χ4v) is 2.40. The van der Waals surface area contributed by atoms with Gasteiger partial charge in [0.25, 0.3) is 0 Å². The molecule has 0 amide bonds. The van der Waals surface area contributed by atoms with Crippen LogP contribution in [0.1, 0.15) is 29.7 Å². The van der Waals surface area contributed by atoms with E-state index in [0.717, 1.165) is 22.4 Å². The monoisotopic (exact) mass is 302 g/mol. The van der Waals surface area contributed by atoms with Crippen LogP contribution in [0.5, 0.6) is 17.2 Å². The van der Waals surface area contributed by atoms with Gasteiger partial charge in [0.2, 0.25) is 0 Å². The Balaban J connectivity index is 2.34. The van der Waals surface area contributed by atoms with E-state index in [0.29, 0.717) is 18.1 Å². The lowest BCUT2D eigenvalue weighted by atomic mass is 9.99. The van der Waals surface area contributed by atoms with Crippen molar-refractivity contribution in [3.05, 3.63) is 53.1 Å². The predicted octanol–water partition coefficient (Wildman–Crippen LogP) is 3.49. The molecule has 0 spiro atoms. The van der Waals surface area contributed by atoms with Crippen molar-refractivity contribution in [1.82, 2.24) is 0 Å². The summed E-state index contributed by atoms with van der Waals surface area (Å²) >= 11 is 0. The zero-order chi connectivity index (χ0) is 16.1. The summed E-state index contributed by atoms with van der Waals surface area (Å²) in [6.07, 6.45) is -0.727. The van der Waals surface area contributed by atoms with Crippen molar-refractivity contribution in [3.63, 3.8) is 0 Å². The van der Waals surface area contributed by atoms with Gasteiger partial charge in [-0.3, -0.25) is 0 Å². The summed E-state index contributed by atoms with van der Waals surface area (Å²) in [6, 6.07) is 11.1. The first-order valence-corrected chi connectivity index (χ1v) is 7.24. The molecule has 2 aromatic carbocycles. The summed E-state index contributed by atoms with van der Waals surface area (Å²) in [5.41, 5.74) is 2.55. The normalized spacial score (nSPS) is 11.9. The van der Waals surface area contributed by atoms with E-state index in [1.54, 1.807) is 20.3 Å². The SMILES string of the molecule is CCOc1cc([C@H](O)c2ccc(OC)c(C)c2)ccc1OC.